The van der Waals surface area contributed by atoms with Gasteiger partial charge in [0.2, 0.25) is 10.0 Å². The van der Waals surface area contributed by atoms with E-state index in [1.807, 2.05) is 29.2 Å². The Hall–Kier alpha value is -2.16. The number of piperidine rings is 1. The third-order valence-electron chi connectivity index (χ3n) is 8.34. The van der Waals surface area contributed by atoms with Crippen LogP contribution in [0.5, 0.6) is 0 Å². The molecule has 1 aliphatic carbocycles. The largest absolute Gasteiger partial charge is 0.385 e. The van der Waals surface area contributed by atoms with Crippen LogP contribution in [0.15, 0.2) is 47.4 Å². The van der Waals surface area contributed by atoms with Gasteiger partial charge in [0.25, 0.3) is 0 Å². The van der Waals surface area contributed by atoms with Gasteiger partial charge in [-0.1, -0.05) is 32.9 Å². The SMILES string of the molecule is CCC(C)(C)c1ccc(S(=O)(=O)N2CC3C(CNc4ccc(N5CCOCC5)c(F)c4)C3C2)cc1. The number of nitrogens with zero attached hydrogens (tertiary/aromatic N) is 2. The molecule has 0 radical (unpaired) electrons. The zero-order chi connectivity index (χ0) is 24.8. The second-order valence-corrected chi connectivity index (χ2v) is 12.7. The topological polar surface area (TPSA) is 61.9 Å². The van der Waals surface area contributed by atoms with Gasteiger partial charge in [-0.05, 0) is 65.5 Å². The summed E-state index contributed by atoms with van der Waals surface area (Å²) in [5, 5.41) is 3.37. The van der Waals surface area contributed by atoms with Gasteiger partial charge in [0.1, 0.15) is 5.82 Å². The molecule has 0 aromatic heterocycles. The quantitative estimate of drug-likeness (QED) is 0.584. The molecular formula is C27H36FN3O3S. The second-order valence-electron chi connectivity index (χ2n) is 10.7. The van der Waals surface area contributed by atoms with Gasteiger partial charge in [0.15, 0.2) is 0 Å². The van der Waals surface area contributed by atoms with Crippen LogP contribution in [-0.4, -0.2) is 58.7 Å². The first kappa shape index (κ1) is 24.5. The average Bonchev–Trinajstić information content (AvgIpc) is 3.30. The number of hydrogen-bond acceptors (Lipinski definition) is 5. The molecule has 190 valence electrons. The molecular weight excluding hydrogens is 465 g/mol. The molecule has 35 heavy (non-hydrogen) atoms. The Morgan fingerprint density at radius 3 is 2.31 bits per heavy atom. The summed E-state index contributed by atoms with van der Waals surface area (Å²) in [5.41, 5.74) is 2.57. The standard InChI is InChI=1S/C27H36FN3O3S/c1-4-27(2,3)19-5-8-21(9-6-19)35(32,33)31-17-23-22(24(23)18-31)16-29-20-7-10-26(25(28)15-20)30-11-13-34-14-12-30/h5-10,15,22-24,29H,4,11-14,16-18H2,1-3H3. The summed E-state index contributed by atoms with van der Waals surface area (Å²) in [6, 6.07) is 12.7. The molecule has 2 aliphatic heterocycles. The fourth-order valence-corrected chi connectivity index (χ4v) is 6.97. The van der Waals surface area contributed by atoms with Gasteiger partial charge >= 0.3 is 0 Å². The van der Waals surface area contributed by atoms with Gasteiger partial charge in [-0.2, -0.15) is 4.31 Å². The van der Waals surface area contributed by atoms with E-state index in [1.54, 1.807) is 22.5 Å². The molecule has 2 unspecified atom stereocenters. The third-order valence-corrected chi connectivity index (χ3v) is 10.2. The number of benzene rings is 2. The Morgan fingerprint density at radius 1 is 1.06 bits per heavy atom. The number of halogens is 1. The van der Waals surface area contributed by atoms with Gasteiger partial charge in [0.05, 0.1) is 23.8 Å². The fourth-order valence-electron chi connectivity index (χ4n) is 5.45. The third kappa shape index (κ3) is 4.80. The van der Waals surface area contributed by atoms with E-state index < -0.39 is 10.0 Å². The van der Waals surface area contributed by atoms with Crippen LogP contribution in [-0.2, 0) is 20.2 Å². The Bertz CT molecular complexity index is 1150. The van der Waals surface area contributed by atoms with Gasteiger partial charge in [0, 0.05) is 38.4 Å². The predicted molar refractivity (Wildman–Crippen MR) is 137 cm³/mol. The molecule has 8 heteroatoms. The lowest BCUT2D eigenvalue weighted by Gasteiger charge is -2.29. The molecule has 1 N–H and O–H groups in total. The van der Waals surface area contributed by atoms with Gasteiger partial charge in [-0.15, -0.1) is 0 Å². The van der Waals surface area contributed by atoms with E-state index in [2.05, 4.69) is 26.1 Å². The van der Waals surface area contributed by atoms with Crippen molar-refractivity contribution >= 4 is 21.4 Å². The lowest BCUT2D eigenvalue weighted by atomic mass is 9.82. The van der Waals surface area contributed by atoms with Crippen LogP contribution >= 0.6 is 0 Å². The first-order chi connectivity index (χ1) is 16.7. The number of nitrogens with one attached hydrogen (secondary N) is 1. The number of ether oxygens (including phenoxy) is 1. The maximum atomic E-state index is 14.7. The van der Waals surface area contributed by atoms with Crippen LogP contribution in [0, 0.1) is 23.6 Å². The summed E-state index contributed by atoms with van der Waals surface area (Å²) in [4.78, 5) is 2.39. The Labute approximate surface area is 208 Å². The summed E-state index contributed by atoms with van der Waals surface area (Å²) in [5.74, 6) is 0.941. The maximum Gasteiger partial charge on any atom is 0.243 e. The molecule has 2 saturated heterocycles. The van der Waals surface area contributed by atoms with Gasteiger partial charge < -0.3 is 15.0 Å². The smallest absolute Gasteiger partial charge is 0.243 e. The second kappa shape index (κ2) is 9.37. The molecule has 2 aromatic carbocycles. The molecule has 2 aromatic rings. The summed E-state index contributed by atoms with van der Waals surface area (Å²) in [6.45, 7) is 11.0. The number of fused-ring (bicyclic) bond motifs is 1. The van der Waals surface area contributed by atoms with E-state index >= 15 is 0 Å². The Kier molecular flexibility index (Phi) is 6.57. The average molecular weight is 502 g/mol. The van der Waals surface area contributed by atoms with Crippen molar-refractivity contribution < 1.29 is 17.5 Å². The van der Waals surface area contributed by atoms with Crippen molar-refractivity contribution in [3.63, 3.8) is 0 Å². The molecule has 2 atom stereocenters. The van der Waals surface area contributed by atoms with E-state index in [0.717, 1.165) is 24.2 Å². The summed E-state index contributed by atoms with van der Waals surface area (Å²) >= 11 is 0. The van der Waals surface area contributed by atoms with Crippen molar-refractivity contribution in [2.75, 3.05) is 56.2 Å². The van der Waals surface area contributed by atoms with Crippen molar-refractivity contribution in [1.82, 2.24) is 4.31 Å². The molecule has 3 aliphatic rings. The van der Waals surface area contributed by atoms with Gasteiger partial charge in [-0.3, -0.25) is 0 Å². The number of rotatable bonds is 8. The summed E-state index contributed by atoms with van der Waals surface area (Å²) in [7, 11) is -3.47. The maximum absolute atomic E-state index is 14.7. The van der Waals surface area contributed by atoms with E-state index in [-0.39, 0.29) is 11.2 Å². The molecule has 0 spiro atoms. The minimum Gasteiger partial charge on any atom is -0.385 e. The van der Waals surface area contributed by atoms with Crippen LogP contribution in [0.3, 0.4) is 0 Å². The minimum atomic E-state index is -3.47. The fraction of sp³-hybridized carbons (Fsp3) is 0.556. The summed E-state index contributed by atoms with van der Waals surface area (Å²) in [6.07, 6.45) is 0.995. The zero-order valence-electron chi connectivity index (χ0n) is 20.8. The number of morpholine rings is 1. The number of hydrogen-bond donors (Lipinski definition) is 1. The molecule has 2 heterocycles. The lowest BCUT2D eigenvalue weighted by Crippen LogP contribution is -2.36. The molecule has 0 bridgehead atoms. The highest BCUT2D eigenvalue weighted by atomic mass is 32.2. The van der Waals surface area contributed by atoms with Crippen LogP contribution < -0.4 is 10.2 Å². The van der Waals surface area contributed by atoms with E-state index in [0.29, 0.717) is 67.7 Å². The van der Waals surface area contributed by atoms with Crippen molar-refractivity contribution in [2.45, 2.75) is 37.5 Å². The number of sulfonamides is 1. The van der Waals surface area contributed by atoms with E-state index in [4.69, 9.17) is 4.74 Å². The highest BCUT2D eigenvalue weighted by Crippen LogP contribution is 2.52. The van der Waals surface area contributed by atoms with Crippen molar-refractivity contribution in [3.8, 4) is 0 Å². The van der Waals surface area contributed by atoms with Crippen molar-refractivity contribution in [1.29, 1.82) is 0 Å². The van der Waals surface area contributed by atoms with Crippen LogP contribution in [0.4, 0.5) is 15.8 Å². The molecule has 0 amide bonds. The highest BCUT2D eigenvalue weighted by molar-refractivity contribution is 7.89. The Balaban J connectivity index is 1.15. The zero-order valence-corrected chi connectivity index (χ0v) is 21.7. The monoisotopic (exact) mass is 501 g/mol. The van der Waals surface area contributed by atoms with Crippen molar-refractivity contribution in [2.24, 2.45) is 17.8 Å². The minimum absolute atomic E-state index is 0.0313. The molecule has 5 rings (SSSR count). The molecule has 6 nitrogen and oxygen atoms in total. The molecule has 3 fully saturated rings. The lowest BCUT2D eigenvalue weighted by molar-refractivity contribution is 0.122. The highest BCUT2D eigenvalue weighted by Gasteiger charge is 2.57. The van der Waals surface area contributed by atoms with Crippen molar-refractivity contribution in [3.05, 3.63) is 53.8 Å². The van der Waals surface area contributed by atoms with E-state index in [1.165, 1.54) is 0 Å². The molecule has 1 saturated carbocycles. The van der Waals surface area contributed by atoms with Crippen LogP contribution in [0.25, 0.3) is 0 Å². The number of anilines is 2. The van der Waals surface area contributed by atoms with Gasteiger partial charge in [-0.25, -0.2) is 12.8 Å². The first-order valence-corrected chi connectivity index (χ1v) is 14.1. The van der Waals surface area contributed by atoms with E-state index in [9.17, 15) is 12.8 Å². The first-order valence-electron chi connectivity index (χ1n) is 12.7. The van der Waals surface area contributed by atoms with Crippen LogP contribution in [0.1, 0.15) is 32.8 Å². The summed E-state index contributed by atoms with van der Waals surface area (Å²) < 4.78 is 48.0. The predicted octanol–water partition coefficient (Wildman–Crippen LogP) is 4.33. The normalized spacial score (nSPS) is 24.9. The van der Waals surface area contributed by atoms with Crippen LogP contribution in [0.2, 0.25) is 0 Å². The Morgan fingerprint density at radius 2 is 1.71 bits per heavy atom.